The van der Waals surface area contributed by atoms with Crippen molar-refractivity contribution in [3.8, 4) is 0 Å². The van der Waals surface area contributed by atoms with Crippen LogP contribution in [-0.4, -0.2) is 26.0 Å². The van der Waals surface area contributed by atoms with Crippen LogP contribution in [-0.2, 0) is 4.79 Å². The Labute approximate surface area is 107 Å². The van der Waals surface area contributed by atoms with E-state index in [1.54, 1.807) is 24.1 Å². The number of carbonyl (C=O) groups is 1. The average Bonchev–Trinajstić information content (AvgIpc) is 2.19. The molecule has 5 heteroatoms. The lowest BCUT2D eigenvalue weighted by molar-refractivity contribution is -0.117. The predicted octanol–water partition coefficient (Wildman–Crippen LogP) is 2.33. The lowest BCUT2D eigenvalue weighted by atomic mass is 10.3. The van der Waals surface area contributed by atoms with E-state index in [1.807, 2.05) is 19.1 Å². The minimum atomic E-state index is 0. The largest absolute Gasteiger partial charge is 0.312 e. The van der Waals surface area contributed by atoms with Gasteiger partial charge in [0.1, 0.15) is 0 Å². The number of benzene rings is 1. The van der Waals surface area contributed by atoms with Gasteiger partial charge in [0.2, 0.25) is 5.91 Å². The summed E-state index contributed by atoms with van der Waals surface area (Å²) < 4.78 is 0. The Kier molecular flexibility index (Phi) is 7.13. The lowest BCUT2D eigenvalue weighted by Gasteiger charge is -2.21. The molecule has 0 saturated heterocycles. The van der Waals surface area contributed by atoms with Crippen LogP contribution >= 0.6 is 24.0 Å². The highest BCUT2D eigenvalue weighted by molar-refractivity contribution is 6.30. The number of hydrogen-bond acceptors (Lipinski definition) is 2. The molecule has 0 radical (unpaired) electrons. The third-order valence-electron chi connectivity index (χ3n) is 2.07. The fourth-order valence-corrected chi connectivity index (χ4v) is 1.58. The summed E-state index contributed by atoms with van der Waals surface area (Å²) in [4.78, 5) is 13.4. The molecule has 1 N–H and O–H groups in total. The van der Waals surface area contributed by atoms with Gasteiger partial charge in [-0.1, -0.05) is 17.7 Å². The zero-order valence-electron chi connectivity index (χ0n) is 9.37. The zero-order valence-corrected chi connectivity index (χ0v) is 10.9. The first-order valence-corrected chi connectivity index (χ1v) is 5.27. The molecule has 0 unspecified atom stereocenters. The van der Waals surface area contributed by atoms with Crippen LogP contribution in [0.25, 0.3) is 0 Å². The Bertz CT molecular complexity index is 345. The van der Waals surface area contributed by atoms with Crippen molar-refractivity contribution in [2.75, 3.05) is 25.0 Å². The van der Waals surface area contributed by atoms with Gasteiger partial charge in [0.25, 0.3) is 0 Å². The summed E-state index contributed by atoms with van der Waals surface area (Å²) in [7, 11) is 1.75. The highest BCUT2D eigenvalue weighted by atomic mass is 35.5. The quantitative estimate of drug-likeness (QED) is 0.904. The summed E-state index contributed by atoms with van der Waals surface area (Å²) in [6, 6.07) is 7.30. The van der Waals surface area contributed by atoms with Gasteiger partial charge in [-0.2, -0.15) is 0 Å². The molecule has 0 fully saturated rings. The smallest absolute Gasteiger partial charge is 0.240 e. The van der Waals surface area contributed by atoms with E-state index in [0.717, 1.165) is 5.69 Å². The van der Waals surface area contributed by atoms with E-state index < -0.39 is 0 Å². The lowest BCUT2D eigenvalue weighted by Crippen LogP contribution is -2.37. The highest BCUT2D eigenvalue weighted by Gasteiger charge is 2.12. The molecule has 0 spiro atoms. The van der Waals surface area contributed by atoms with Gasteiger partial charge >= 0.3 is 0 Å². The van der Waals surface area contributed by atoms with Gasteiger partial charge in [-0.15, -0.1) is 12.4 Å². The van der Waals surface area contributed by atoms with Crippen LogP contribution in [0.1, 0.15) is 6.92 Å². The van der Waals surface area contributed by atoms with E-state index in [1.165, 1.54) is 0 Å². The predicted molar refractivity (Wildman–Crippen MR) is 70.7 cm³/mol. The third-order valence-corrected chi connectivity index (χ3v) is 2.30. The maximum Gasteiger partial charge on any atom is 0.240 e. The number of likely N-dealkylation sites (N-methyl/N-ethyl adjacent to an activating group) is 2. The second kappa shape index (κ2) is 7.49. The summed E-state index contributed by atoms with van der Waals surface area (Å²) >= 11 is 5.87. The summed E-state index contributed by atoms with van der Waals surface area (Å²) in [6.07, 6.45) is 0. The van der Waals surface area contributed by atoms with Crippen molar-refractivity contribution in [1.29, 1.82) is 0 Å². The van der Waals surface area contributed by atoms with Crippen LogP contribution in [0.4, 0.5) is 5.69 Å². The summed E-state index contributed by atoms with van der Waals surface area (Å²) in [5.41, 5.74) is 0.838. The summed E-state index contributed by atoms with van der Waals surface area (Å²) in [5.74, 6) is 0.0438. The molecule has 1 aromatic carbocycles. The van der Waals surface area contributed by atoms with Gasteiger partial charge in [-0.05, 0) is 32.2 Å². The Hall–Kier alpha value is -0.770. The van der Waals surface area contributed by atoms with Crippen LogP contribution in [0, 0.1) is 0 Å². The number of carbonyl (C=O) groups excluding carboxylic acids is 1. The van der Waals surface area contributed by atoms with Gasteiger partial charge in [-0.25, -0.2) is 0 Å². The molecular formula is C11H16Cl2N2O. The fourth-order valence-electron chi connectivity index (χ4n) is 1.39. The van der Waals surface area contributed by atoms with Gasteiger partial charge < -0.3 is 10.2 Å². The van der Waals surface area contributed by atoms with E-state index >= 15 is 0 Å². The molecular weight excluding hydrogens is 247 g/mol. The molecule has 1 rings (SSSR count). The van der Waals surface area contributed by atoms with Crippen molar-refractivity contribution in [3.63, 3.8) is 0 Å². The normalized spacial score (nSPS) is 9.44. The number of nitrogens with one attached hydrogen (secondary N) is 1. The standard InChI is InChI=1S/C11H15ClN2O.ClH/c1-3-14(11(15)8-13-2)10-6-4-5-9(12)7-10;/h4-7,13H,3,8H2,1-2H3;1H. The SMILES string of the molecule is CCN(C(=O)CNC)c1cccc(Cl)c1.Cl. The minimum absolute atomic E-state index is 0. The maximum absolute atomic E-state index is 11.7. The number of nitrogens with zero attached hydrogens (tertiary/aromatic N) is 1. The Morgan fingerprint density at radius 2 is 2.19 bits per heavy atom. The maximum atomic E-state index is 11.7. The van der Waals surface area contributed by atoms with Crippen molar-refractivity contribution in [2.45, 2.75) is 6.92 Å². The molecule has 0 aliphatic rings. The molecule has 16 heavy (non-hydrogen) atoms. The van der Waals surface area contributed by atoms with Gasteiger partial charge in [0.05, 0.1) is 6.54 Å². The number of hydrogen-bond donors (Lipinski definition) is 1. The molecule has 3 nitrogen and oxygen atoms in total. The molecule has 0 heterocycles. The average molecular weight is 263 g/mol. The molecule has 0 saturated carbocycles. The van der Waals surface area contributed by atoms with Gasteiger partial charge in [0.15, 0.2) is 0 Å². The zero-order chi connectivity index (χ0) is 11.3. The van der Waals surface area contributed by atoms with Crippen LogP contribution in [0.15, 0.2) is 24.3 Å². The monoisotopic (exact) mass is 262 g/mol. The molecule has 0 aliphatic carbocycles. The van der Waals surface area contributed by atoms with E-state index in [0.29, 0.717) is 18.1 Å². The Morgan fingerprint density at radius 3 is 2.69 bits per heavy atom. The third kappa shape index (κ3) is 4.00. The van der Waals surface area contributed by atoms with Crippen LogP contribution in [0.2, 0.25) is 5.02 Å². The number of halogens is 2. The summed E-state index contributed by atoms with van der Waals surface area (Å²) in [5, 5.41) is 3.48. The van der Waals surface area contributed by atoms with Crippen LogP contribution < -0.4 is 10.2 Å². The Balaban J connectivity index is 0.00000225. The summed E-state index contributed by atoms with van der Waals surface area (Å²) in [6.45, 7) is 2.91. The molecule has 1 amide bonds. The number of anilines is 1. The second-order valence-corrected chi connectivity index (χ2v) is 3.58. The topological polar surface area (TPSA) is 32.3 Å². The van der Waals surface area contributed by atoms with Crippen molar-refractivity contribution in [2.24, 2.45) is 0 Å². The molecule has 0 atom stereocenters. The van der Waals surface area contributed by atoms with E-state index in [2.05, 4.69) is 5.32 Å². The molecule has 1 aromatic rings. The minimum Gasteiger partial charge on any atom is -0.312 e. The van der Waals surface area contributed by atoms with E-state index in [-0.39, 0.29) is 18.3 Å². The van der Waals surface area contributed by atoms with E-state index in [9.17, 15) is 4.79 Å². The second-order valence-electron chi connectivity index (χ2n) is 3.15. The fraction of sp³-hybridized carbons (Fsp3) is 0.364. The molecule has 0 bridgehead atoms. The van der Waals surface area contributed by atoms with Crippen molar-refractivity contribution in [1.82, 2.24) is 5.32 Å². The first kappa shape index (κ1) is 15.2. The van der Waals surface area contributed by atoms with Crippen molar-refractivity contribution in [3.05, 3.63) is 29.3 Å². The van der Waals surface area contributed by atoms with Crippen molar-refractivity contribution < 1.29 is 4.79 Å². The molecule has 90 valence electrons. The van der Waals surface area contributed by atoms with Crippen molar-refractivity contribution >= 4 is 35.6 Å². The highest BCUT2D eigenvalue weighted by Crippen LogP contribution is 2.19. The molecule has 0 aromatic heterocycles. The van der Waals surface area contributed by atoms with E-state index in [4.69, 9.17) is 11.6 Å². The molecule has 0 aliphatic heterocycles. The van der Waals surface area contributed by atoms with Gasteiger partial charge in [0, 0.05) is 17.3 Å². The Morgan fingerprint density at radius 1 is 1.50 bits per heavy atom. The first-order valence-electron chi connectivity index (χ1n) is 4.89. The van der Waals surface area contributed by atoms with Crippen LogP contribution in [0.3, 0.4) is 0 Å². The first-order chi connectivity index (χ1) is 7.19. The van der Waals surface area contributed by atoms with Crippen LogP contribution in [0.5, 0.6) is 0 Å². The number of rotatable bonds is 4. The van der Waals surface area contributed by atoms with Gasteiger partial charge in [-0.3, -0.25) is 4.79 Å². The number of amides is 1.